The lowest BCUT2D eigenvalue weighted by Crippen LogP contribution is -2.60. The molecule has 0 aliphatic heterocycles. The molecule has 2 aromatic carbocycles. The summed E-state index contributed by atoms with van der Waals surface area (Å²) in [6.45, 7) is 14.9. The van der Waals surface area contributed by atoms with E-state index in [1.807, 2.05) is 0 Å². The van der Waals surface area contributed by atoms with Gasteiger partial charge in [0.25, 0.3) is 0 Å². The van der Waals surface area contributed by atoms with Gasteiger partial charge in [0.2, 0.25) is 0 Å². The highest BCUT2D eigenvalue weighted by molar-refractivity contribution is 6.31. The van der Waals surface area contributed by atoms with E-state index in [0.29, 0.717) is 6.61 Å². The molecule has 0 saturated heterocycles. The molecule has 4 rings (SSSR count). The van der Waals surface area contributed by atoms with Gasteiger partial charge in [-0.3, -0.25) is 0 Å². The summed E-state index contributed by atoms with van der Waals surface area (Å²) in [5.74, 6) is 0.458. The first kappa shape index (κ1) is 36.4. The normalized spacial score (nSPS) is 23.9. The molecule has 4 nitrogen and oxygen atoms in total. The molecular formula is C40H61ClO4. The van der Waals surface area contributed by atoms with E-state index in [1.54, 1.807) is 0 Å². The summed E-state index contributed by atoms with van der Waals surface area (Å²) in [6, 6.07) is 15.8. The summed E-state index contributed by atoms with van der Waals surface area (Å²) < 4.78 is 27.2. The molecular weight excluding hydrogens is 580 g/mol. The van der Waals surface area contributed by atoms with Gasteiger partial charge in [0.1, 0.15) is 6.10 Å². The van der Waals surface area contributed by atoms with Gasteiger partial charge in [0.05, 0.1) is 18.8 Å². The SMILES string of the molecule is CCCCOC[C@@H]1[C@@H](OCCCC)[C@H](OCCCC)[C@@H](OCCCC)[C@H](c2ccc(Cl)c(Cc3ccc(CC)cc3)c2)C12CC2. The first-order valence-corrected chi connectivity index (χ1v) is 18.7. The highest BCUT2D eigenvalue weighted by Gasteiger charge is 2.66. The number of hydrogen-bond acceptors (Lipinski definition) is 4. The molecule has 0 aromatic heterocycles. The topological polar surface area (TPSA) is 36.9 Å². The number of benzene rings is 2. The van der Waals surface area contributed by atoms with Gasteiger partial charge in [-0.15, -0.1) is 0 Å². The minimum absolute atomic E-state index is 0.0377. The second-order valence-electron chi connectivity index (χ2n) is 13.5. The maximum atomic E-state index is 6.97. The largest absolute Gasteiger partial charge is 0.381 e. The lowest BCUT2D eigenvalue weighted by Gasteiger charge is -2.52. The van der Waals surface area contributed by atoms with Crippen molar-refractivity contribution in [2.45, 2.75) is 136 Å². The van der Waals surface area contributed by atoms with Crippen LogP contribution in [0.4, 0.5) is 0 Å². The highest BCUT2D eigenvalue weighted by Crippen LogP contribution is 2.67. The maximum Gasteiger partial charge on any atom is 0.111 e. The Bertz CT molecular complexity index is 1110. The summed E-state index contributed by atoms with van der Waals surface area (Å²) >= 11 is 6.91. The molecule has 0 heterocycles. The second-order valence-corrected chi connectivity index (χ2v) is 13.9. The number of aryl methyl sites for hydroxylation is 1. The summed E-state index contributed by atoms with van der Waals surface area (Å²) in [5.41, 5.74) is 5.23. The van der Waals surface area contributed by atoms with Crippen molar-refractivity contribution in [3.63, 3.8) is 0 Å². The number of halogens is 1. The van der Waals surface area contributed by atoms with Gasteiger partial charge in [-0.2, -0.15) is 0 Å². The standard InChI is InChI=1S/C40H61ClO4/c1-6-11-23-42-29-34-37(43-24-12-7-2)39(45-26-14-9-4)38(44-25-13-8-3)36(40(34)21-22-40)32-19-20-35(41)33(28-32)27-31-17-15-30(10-5)16-18-31/h15-20,28,34,36-39H,6-14,21-27,29H2,1-5H3/t34-,36+,37-,38+,39+/m1/s1. The molecule has 5 heteroatoms. The zero-order chi connectivity index (χ0) is 32.1. The Hall–Kier alpha value is -1.43. The van der Waals surface area contributed by atoms with Crippen LogP contribution in [0.5, 0.6) is 0 Å². The molecule has 2 aliphatic carbocycles. The molecule has 2 aromatic rings. The third-order valence-electron chi connectivity index (χ3n) is 10.2. The quantitative estimate of drug-likeness (QED) is 0.127. The molecule has 2 saturated carbocycles. The average molecular weight is 641 g/mol. The fourth-order valence-corrected chi connectivity index (χ4v) is 7.46. The Kier molecular flexibility index (Phi) is 15.2. The molecule has 5 atom stereocenters. The molecule has 1 spiro atoms. The molecule has 252 valence electrons. The lowest BCUT2D eigenvalue weighted by molar-refractivity contribution is -0.213. The third kappa shape index (κ3) is 9.57. The summed E-state index contributed by atoms with van der Waals surface area (Å²) in [7, 11) is 0. The van der Waals surface area contributed by atoms with Crippen molar-refractivity contribution in [3.05, 3.63) is 69.7 Å². The molecule has 0 N–H and O–H groups in total. The van der Waals surface area contributed by atoms with Gasteiger partial charge in [-0.05, 0) is 85.1 Å². The van der Waals surface area contributed by atoms with Gasteiger partial charge < -0.3 is 18.9 Å². The van der Waals surface area contributed by atoms with Crippen LogP contribution in [0.25, 0.3) is 0 Å². The first-order valence-electron chi connectivity index (χ1n) is 18.3. The molecule has 2 aliphatic rings. The fraction of sp³-hybridized carbons (Fsp3) is 0.700. The molecule has 45 heavy (non-hydrogen) atoms. The summed E-state index contributed by atoms with van der Waals surface area (Å²) in [6.07, 6.45) is 12.6. The molecule has 0 amide bonds. The van der Waals surface area contributed by atoms with Crippen LogP contribution in [0.1, 0.15) is 127 Å². The minimum atomic E-state index is -0.137. The van der Waals surface area contributed by atoms with E-state index in [1.165, 1.54) is 35.1 Å². The van der Waals surface area contributed by atoms with Crippen molar-refractivity contribution in [2.24, 2.45) is 11.3 Å². The Balaban J connectivity index is 1.75. The summed E-state index contributed by atoms with van der Waals surface area (Å²) in [4.78, 5) is 0. The van der Waals surface area contributed by atoms with Crippen LogP contribution in [-0.2, 0) is 31.8 Å². The Morgan fingerprint density at radius 3 is 1.80 bits per heavy atom. The molecule has 0 radical (unpaired) electrons. The van der Waals surface area contributed by atoms with E-state index in [0.717, 1.165) is 95.7 Å². The average Bonchev–Trinajstić information content (AvgIpc) is 3.84. The minimum Gasteiger partial charge on any atom is -0.381 e. The van der Waals surface area contributed by atoms with E-state index >= 15 is 0 Å². The van der Waals surface area contributed by atoms with Crippen LogP contribution in [0.15, 0.2) is 42.5 Å². The van der Waals surface area contributed by atoms with Crippen molar-refractivity contribution < 1.29 is 18.9 Å². The van der Waals surface area contributed by atoms with Crippen LogP contribution < -0.4 is 0 Å². The molecule has 0 unspecified atom stereocenters. The zero-order valence-corrected chi connectivity index (χ0v) is 29.7. The number of hydrogen-bond donors (Lipinski definition) is 0. The second kappa shape index (κ2) is 18.8. The van der Waals surface area contributed by atoms with Crippen LogP contribution in [0, 0.1) is 11.3 Å². The number of unbranched alkanes of at least 4 members (excludes halogenated alkanes) is 4. The molecule has 0 bridgehead atoms. The zero-order valence-electron chi connectivity index (χ0n) is 29.0. The predicted molar refractivity (Wildman–Crippen MR) is 188 cm³/mol. The van der Waals surface area contributed by atoms with Gasteiger partial charge in [-0.25, -0.2) is 0 Å². The first-order chi connectivity index (χ1) is 22.0. The van der Waals surface area contributed by atoms with Crippen molar-refractivity contribution in [3.8, 4) is 0 Å². The molecule has 2 fully saturated rings. The van der Waals surface area contributed by atoms with Crippen LogP contribution in [-0.4, -0.2) is 51.3 Å². The third-order valence-corrected chi connectivity index (χ3v) is 10.5. The lowest BCUT2D eigenvalue weighted by atomic mass is 9.62. The Morgan fingerprint density at radius 2 is 1.22 bits per heavy atom. The van der Waals surface area contributed by atoms with Crippen LogP contribution >= 0.6 is 11.6 Å². The highest BCUT2D eigenvalue weighted by atomic mass is 35.5. The van der Waals surface area contributed by atoms with Crippen LogP contribution in [0.3, 0.4) is 0 Å². The van der Waals surface area contributed by atoms with E-state index < -0.39 is 0 Å². The van der Waals surface area contributed by atoms with Crippen LogP contribution in [0.2, 0.25) is 5.02 Å². The number of rotatable bonds is 21. The van der Waals surface area contributed by atoms with Crippen molar-refractivity contribution in [2.75, 3.05) is 33.0 Å². The van der Waals surface area contributed by atoms with Crippen molar-refractivity contribution in [1.29, 1.82) is 0 Å². The Labute approximate surface area is 279 Å². The smallest absolute Gasteiger partial charge is 0.111 e. The summed E-state index contributed by atoms with van der Waals surface area (Å²) in [5, 5.41) is 0.832. The monoisotopic (exact) mass is 640 g/mol. The van der Waals surface area contributed by atoms with Gasteiger partial charge >= 0.3 is 0 Å². The Morgan fingerprint density at radius 1 is 0.667 bits per heavy atom. The fourth-order valence-electron chi connectivity index (χ4n) is 7.28. The van der Waals surface area contributed by atoms with Gasteiger partial charge in [0, 0.05) is 43.3 Å². The van der Waals surface area contributed by atoms with Gasteiger partial charge in [-0.1, -0.05) is 108 Å². The van der Waals surface area contributed by atoms with E-state index in [4.69, 9.17) is 30.5 Å². The van der Waals surface area contributed by atoms with E-state index in [-0.39, 0.29) is 35.6 Å². The van der Waals surface area contributed by atoms with Crippen molar-refractivity contribution >= 4 is 11.6 Å². The van der Waals surface area contributed by atoms with E-state index in [2.05, 4.69) is 77.1 Å². The predicted octanol–water partition coefficient (Wildman–Crippen LogP) is 10.4. The van der Waals surface area contributed by atoms with E-state index in [9.17, 15) is 0 Å². The van der Waals surface area contributed by atoms with Crippen molar-refractivity contribution in [1.82, 2.24) is 0 Å². The van der Waals surface area contributed by atoms with Gasteiger partial charge in [0.15, 0.2) is 0 Å². The maximum absolute atomic E-state index is 6.97. The number of ether oxygens (including phenoxy) is 4.